The van der Waals surface area contributed by atoms with Gasteiger partial charge in [0.15, 0.2) is 5.75 Å². The molecule has 1 aromatic carbocycles. The summed E-state index contributed by atoms with van der Waals surface area (Å²) in [4.78, 5) is 4.88. The van der Waals surface area contributed by atoms with Gasteiger partial charge in [-0.1, -0.05) is 12.1 Å². The fraction of sp³-hybridized carbons (Fsp3) is 0. The van der Waals surface area contributed by atoms with E-state index >= 15 is 0 Å². The Morgan fingerprint density at radius 1 is 1.60 bits per heavy atom. The van der Waals surface area contributed by atoms with E-state index in [-0.39, 0.29) is 0 Å². The van der Waals surface area contributed by atoms with Crippen molar-refractivity contribution in [3.8, 4) is 5.75 Å². The first-order chi connectivity index (χ1) is 4.97. The van der Waals surface area contributed by atoms with E-state index in [1.54, 1.807) is 12.1 Å². The lowest BCUT2D eigenvalue weighted by molar-refractivity contribution is 0.184. The molecule has 0 atom stereocenters. The highest BCUT2D eigenvalue weighted by Gasteiger charge is 2.04. The number of hydrogen-bond acceptors (Lipinski definition) is 4. The van der Waals surface area contributed by atoms with Gasteiger partial charge in [0.1, 0.15) is 5.69 Å². The van der Waals surface area contributed by atoms with E-state index in [2.05, 4.69) is 22.0 Å². The summed E-state index contributed by atoms with van der Waals surface area (Å²) in [5.74, 6) is 0.650. The SMILES string of the molecule is [c]1cccc2c1N=NNO2. The van der Waals surface area contributed by atoms with Crippen LogP contribution in [0.15, 0.2) is 28.5 Å². The van der Waals surface area contributed by atoms with E-state index in [1.165, 1.54) is 0 Å². The maximum Gasteiger partial charge on any atom is 0.185 e. The van der Waals surface area contributed by atoms with Crippen LogP contribution in [0.1, 0.15) is 0 Å². The molecule has 0 fully saturated rings. The molecule has 1 heterocycles. The smallest absolute Gasteiger partial charge is 0.185 e. The fourth-order valence-electron chi connectivity index (χ4n) is 0.713. The highest BCUT2D eigenvalue weighted by Crippen LogP contribution is 2.27. The van der Waals surface area contributed by atoms with E-state index in [0.29, 0.717) is 11.4 Å². The summed E-state index contributed by atoms with van der Waals surface area (Å²) in [6, 6.07) is 8.23. The Hall–Kier alpha value is -1.58. The molecule has 1 aliphatic heterocycles. The Balaban J connectivity index is 2.54. The summed E-state index contributed by atoms with van der Waals surface area (Å²) in [5.41, 5.74) is 2.91. The quantitative estimate of drug-likeness (QED) is 0.582. The third-order valence-corrected chi connectivity index (χ3v) is 1.14. The van der Waals surface area contributed by atoms with E-state index in [0.717, 1.165) is 0 Å². The number of benzene rings is 1. The second-order valence-electron chi connectivity index (χ2n) is 1.78. The summed E-state index contributed by atoms with van der Waals surface area (Å²) in [6.07, 6.45) is 0. The van der Waals surface area contributed by atoms with Gasteiger partial charge in [0.2, 0.25) is 0 Å². The van der Waals surface area contributed by atoms with Crippen molar-refractivity contribution in [1.82, 2.24) is 5.59 Å². The molecular weight excluding hydrogens is 130 g/mol. The van der Waals surface area contributed by atoms with Crippen LogP contribution in [0.5, 0.6) is 5.75 Å². The van der Waals surface area contributed by atoms with Gasteiger partial charge in [-0.3, -0.25) is 0 Å². The first-order valence-electron chi connectivity index (χ1n) is 2.80. The lowest BCUT2D eigenvalue weighted by Gasteiger charge is -2.07. The number of nitrogens with zero attached hydrogens (tertiary/aromatic N) is 2. The number of nitrogens with one attached hydrogen (secondary N) is 1. The van der Waals surface area contributed by atoms with Crippen molar-refractivity contribution in [2.24, 2.45) is 10.3 Å². The lowest BCUT2D eigenvalue weighted by atomic mass is 10.3. The predicted octanol–water partition coefficient (Wildman–Crippen LogP) is 1.38. The molecule has 1 radical (unpaired) electrons. The monoisotopic (exact) mass is 134 g/mol. The molecule has 10 heavy (non-hydrogen) atoms. The van der Waals surface area contributed by atoms with E-state index < -0.39 is 0 Å². The molecule has 1 aromatic rings. The van der Waals surface area contributed by atoms with Crippen molar-refractivity contribution in [3.05, 3.63) is 24.3 Å². The molecule has 0 spiro atoms. The summed E-state index contributed by atoms with van der Waals surface area (Å²) < 4.78 is 0. The van der Waals surface area contributed by atoms with Crippen molar-refractivity contribution < 1.29 is 4.84 Å². The lowest BCUT2D eigenvalue weighted by Crippen LogP contribution is -2.12. The van der Waals surface area contributed by atoms with Gasteiger partial charge in [-0.05, 0) is 11.3 Å². The molecule has 0 saturated heterocycles. The van der Waals surface area contributed by atoms with Gasteiger partial charge in [-0.2, -0.15) is 0 Å². The van der Waals surface area contributed by atoms with Gasteiger partial charge in [0, 0.05) is 6.07 Å². The average molecular weight is 134 g/mol. The Morgan fingerprint density at radius 2 is 2.60 bits per heavy atom. The van der Waals surface area contributed by atoms with Crippen LogP contribution in [0.25, 0.3) is 0 Å². The minimum Gasteiger partial charge on any atom is -0.361 e. The topological polar surface area (TPSA) is 46.0 Å². The van der Waals surface area contributed by atoms with Crippen molar-refractivity contribution in [2.75, 3.05) is 0 Å². The summed E-state index contributed by atoms with van der Waals surface area (Å²) in [6.45, 7) is 0. The molecule has 0 aromatic heterocycles. The minimum atomic E-state index is 0.626. The molecule has 4 nitrogen and oxygen atoms in total. The minimum absolute atomic E-state index is 0.626. The zero-order valence-electron chi connectivity index (χ0n) is 5.03. The largest absolute Gasteiger partial charge is 0.361 e. The Bertz CT molecular complexity index is 271. The van der Waals surface area contributed by atoms with Crippen LogP contribution < -0.4 is 10.4 Å². The average Bonchev–Trinajstić information content (AvgIpc) is 2.05. The van der Waals surface area contributed by atoms with Crippen LogP contribution in [0, 0.1) is 6.07 Å². The Labute approximate surface area is 57.5 Å². The number of hydrogen-bond donors (Lipinski definition) is 1. The first-order valence-corrected chi connectivity index (χ1v) is 2.80. The van der Waals surface area contributed by atoms with Crippen LogP contribution >= 0.6 is 0 Å². The van der Waals surface area contributed by atoms with Gasteiger partial charge in [0.25, 0.3) is 0 Å². The molecule has 1 aliphatic rings. The molecule has 2 rings (SSSR count). The van der Waals surface area contributed by atoms with Gasteiger partial charge in [0.05, 0.1) is 0 Å². The fourth-order valence-corrected chi connectivity index (χ4v) is 0.713. The van der Waals surface area contributed by atoms with Crippen LogP contribution in [0.3, 0.4) is 0 Å². The van der Waals surface area contributed by atoms with Crippen LogP contribution in [0.2, 0.25) is 0 Å². The molecule has 1 N–H and O–H groups in total. The molecule has 49 valence electrons. The highest BCUT2D eigenvalue weighted by atomic mass is 16.7. The van der Waals surface area contributed by atoms with Crippen molar-refractivity contribution in [2.45, 2.75) is 0 Å². The second-order valence-corrected chi connectivity index (χ2v) is 1.78. The molecule has 0 aliphatic carbocycles. The third kappa shape index (κ3) is 0.699. The van der Waals surface area contributed by atoms with Crippen molar-refractivity contribution >= 4 is 5.69 Å². The maximum absolute atomic E-state index is 4.88. The van der Waals surface area contributed by atoms with Gasteiger partial charge in [-0.15, -0.1) is 10.7 Å². The van der Waals surface area contributed by atoms with Gasteiger partial charge >= 0.3 is 0 Å². The molecule has 0 amide bonds. The first kappa shape index (κ1) is 5.22. The highest BCUT2D eigenvalue weighted by molar-refractivity contribution is 5.49. The van der Waals surface area contributed by atoms with Crippen molar-refractivity contribution in [1.29, 1.82) is 0 Å². The number of fused-ring (bicyclic) bond motifs is 1. The predicted molar refractivity (Wildman–Crippen MR) is 33.6 cm³/mol. The van der Waals surface area contributed by atoms with Gasteiger partial charge < -0.3 is 4.84 Å². The van der Waals surface area contributed by atoms with Crippen LogP contribution in [0.4, 0.5) is 5.69 Å². The number of rotatable bonds is 0. The van der Waals surface area contributed by atoms with E-state index in [9.17, 15) is 0 Å². The van der Waals surface area contributed by atoms with Crippen LogP contribution in [-0.4, -0.2) is 0 Å². The Morgan fingerprint density at radius 3 is 3.50 bits per heavy atom. The third-order valence-electron chi connectivity index (χ3n) is 1.14. The zero-order chi connectivity index (χ0) is 6.81. The molecular formula is C6H4N3O. The summed E-state index contributed by atoms with van der Waals surface area (Å²) >= 11 is 0. The van der Waals surface area contributed by atoms with E-state index in [4.69, 9.17) is 4.84 Å². The molecule has 4 heteroatoms. The molecule has 0 saturated carbocycles. The second kappa shape index (κ2) is 1.98. The molecule has 0 unspecified atom stereocenters. The van der Waals surface area contributed by atoms with E-state index in [1.807, 2.05) is 6.07 Å². The standard InChI is InChI=1S/C6H4N3O/c1-2-4-6-5(3-1)7-8-9-10-6/h1-2,4H,(H,7,9). The summed E-state index contributed by atoms with van der Waals surface area (Å²) in [7, 11) is 0. The van der Waals surface area contributed by atoms with Crippen LogP contribution in [-0.2, 0) is 0 Å². The van der Waals surface area contributed by atoms with Crippen molar-refractivity contribution in [3.63, 3.8) is 0 Å². The molecule has 0 bridgehead atoms. The zero-order valence-corrected chi connectivity index (χ0v) is 5.03. The maximum atomic E-state index is 4.88. The summed E-state index contributed by atoms with van der Waals surface area (Å²) in [5, 5.41) is 7.17. The normalized spacial score (nSPS) is 13.2. The van der Waals surface area contributed by atoms with Gasteiger partial charge in [-0.25, -0.2) is 0 Å². The Kier molecular flexibility index (Phi) is 1.04.